The number of halogens is 2. The Morgan fingerprint density at radius 1 is 1.21 bits per heavy atom. The van der Waals surface area contributed by atoms with E-state index in [-0.39, 0.29) is 6.04 Å². The summed E-state index contributed by atoms with van der Waals surface area (Å²) in [4.78, 5) is 1.24. The van der Waals surface area contributed by atoms with Crippen molar-refractivity contribution in [3.8, 4) is 0 Å². The SMILES string of the molecule is CCNC(Cc1cc(F)cc(F)c1)c1ccsc1C. The number of hydrogen-bond donors (Lipinski definition) is 1. The Bertz CT molecular complexity index is 531. The summed E-state index contributed by atoms with van der Waals surface area (Å²) in [5, 5.41) is 5.42. The van der Waals surface area contributed by atoms with Gasteiger partial charge in [0.2, 0.25) is 0 Å². The van der Waals surface area contributed by atoms with E-state index in [1.165, 1.54) is 22.6 Å². The summed E-state index contributed by atoms with van der Waals surface area (Å²) in [7, 11) is 0. The summed E-state index contributed by atoms with van der Waals surface area (Å²) >= 11 is 1.69. The highest BCUT2D eigenvalue weighted by molar-refractivity contribution is 7.10. The minimum atomic E-state index is -0.521. The van der Waals surface area contributed by atoms with Crippen LogP contribution in [0, 0.1) is 18.6 Å². The summed E-state index contributed by atoms with van der Waals surface area (Å²) in [5.41, 5.74) is 1.88. The van der Waals surface area contributed by atoms with Gasteiger partial charge >= 0.3 is 0 Å². The lowest BCUT2D eigenvalue weighted by Crippen LogP contribution is -2.23. The maximum absolute atomic E-state index is 13.2. The molecule has 0 saturated carbocycles. The van der Waals surface area contributed by atoms with Gasteiger partial charge in [0, 0.05) is 17.0 Å². The molecule has 102 valence electrons. The molecule has 1 unspecified atom stereocenters. The van der Waals surface area contributed by atoms with Crippen molar-refractivity contribution in [3.05, 3.63) is 57.3 Å². The van der Waals surface area contributed by atoms with Crippen LogP contribution >= 0.6 is 11.3 Å². The van der Waals surface area contributed by atoms with Crippen molar-refractivity contribution in [3.63, 3.8) is 0 Å². The molecule has 0 spiro atoms. The third-order valence-corrected chi connectivity index (χ3v) is 3.95. The second kappa shape index (κ2) is 6.26. The number of thiophene rings is 1. The number of aryl methyl sites for hydroxylation is 1. The standard InChI is InChI=1S/C15H17F2NS/c1-3-18-15(14-4-5-19-10(14)2)8-11-6-12(16)9-13(17)7-11/h4-7,9,15,18H,3,8H2,1-2H3. The van der Waals surface area contributed by atoms with Crippen LogP contribution in [0.25, 0.3) is 0 Å². The second-order valence-electron chi connectivity index (χ2n) is 4.52. The maximum Gasteiger partial charge on any atom is 0.126 e. The first-order valence-corrected chi connectivity index (χ1v) is 7.20. The smallest absolute Gasteiger partial charge is 0.126 e. The molecule has 2 rings (SSSR count). The second-order valence-corrected chi connectivity index (χ2v) is 5.64. The van der Waals surface area contributed by atoms with E-state index in [1.54, 1.807) is 11.3 Å². The predicted molar refractivity (Wildman–Crippen MR) is 75.5 cm³/mol. The lowest BCUT2D eigenvalue weighted by Gasteiger charge is -2.18. The van der Waals surface area contributed by atoms with E-state index in [1.807, 2.05) is 12.3 Å². The van der Waals surface area contributed by atoms with E-state index < -0.39 is 11.6 Å². The van der Waals surface area contributed by atoms with Gasteiger partial charge < -0.3 is 5.32 Å². The molecule has 0 aliphatic rings. The highest BCUT2D eigenvalue weighted by Crippen LogP contribution is 2.26. The zero-order valence-corrected chi connectivity index (χ0v) is 11.9. The van der Waals surface area contributed by atoms with Crippen molar-refractivity contribution in [2.45, 2.75) is 26.3 Å². The van der Waals surface area contributed by atoms with Crippen LogP contribution in [0.2, 0.25) is 0 Å². The lowest BCUT2D eigenvalue weighted by atomic mass is 9.99. The molecule has 0 radical (unpaired) electrons. The van der Waals surface area contributed by atoms with Crippen LogP contribution in [0.5, 0.6) is 0 Å². The Morgan fingerprint density at radius 3 is 2.42 bits per heavy atom. The molecule has 19 heavy (non-hydrogen) atoms. The van der Waals surface area contributed by atoms with E-state index in [9.17, 15) is 8.78 Å². The summed E-state index contributed by atoms with van der Waals surface area (Å²) in [6.45, 7) is 4.91. The van der Waals surface area contributed by atoms with Gasteiger partial charge in [-0.1, -0.05) is 6.92 Å². The Morgan fingerprint density at radius 2 is 1.89 bits per heavy atom. The van der Waals surface area contributed by atoms with E-state index in [2.05, 4.69) is 18.3 Å². The first-order chi connectivity index (χ1) is 9.10. The average molecular weight is 281 g/mol. The van der Waals surface area contributed by atoms with Gasteiger partial charge in [0.15, 0.2) is 0 Å². The molecule has 1 aromatic carbocycles. The Kier molecular flexibility index (Phi) is 4.66. The summed E-state index contributed by atoms with van der Waals surface area (Å²) in [6.07, 6.45) is 0.583. The summed E-state index contributed by atoms with van der Waals surface area (Å²) in [6, 6.07) is 5.87. The first-order valence-electron chi connectivity index (χ1n) is 6.32. The molecule has 0 bridgehead atoms. The molecule has 0 fully saturated rings. The molecule has 0 amide bonds. The van der Waals surface area contributed by atoms with Crippen molar-refractivity contribution >= 4 is 11.3 Å². The van der Waals surface area contributed by atoms with Crippen LogP contribution in [-0.4, -0.2) is 6.54 Å². The molecule has 1 heterocycles. The fourth-order valence-electron chi connectivity index (χ4n) is 2.26. The van der Waals surface area contributed by atoms with Gasteiger partial charge in [-0.25, -0.2) is 8.78 Å². The van der Waals surface area contributed by atoms with E-state index in [4.69, 9.17) is 0 Å². The van der Waals surface area contributed by atoms with Crippen LogP contribution in [-0.2, 0) is 6.42 Å². The Labute approximate surface area is 116 Å². The first kappa shape index (κ1) is 14.2. The molecular weight excluding hydrogens is 264 g/mol. The normalized spacial score (nSPS) is 12.6. The van der Waals surface area contributed by atoms with Gasteiger partial charge in [0.1, 0.15) is 11.6 Å². The fraction of sp³-hybridized carbons (Fsp3) is 0.333. The lowest BCUT2D eigenvalue weighted by molar-refractivity contribution is 0.538. The van der Waals surface area contributed by atoms with Crippen molar-refractivity contribution in [2.75, 3.05) is 6.54 Å². The number of benzene rings is 1. The number of nitrogens with one attached hydrogen (secondary N) is 1. The van der Waals surface area contributed by atoms with Gasteiger partial charge in [-0.05, 0) is 54.6 Å². The fourth-order valence-corrected chi connectivity index (χ4v) is 3.02. The van der Waals surface area contributed by atoms with Gasteiger partial charge in [0.05, 0.1) is 0 Å². The van der Waals surface area contributed by atoms with Gasteiger partial charge in [-0.15, -0.1) is 11.3 Å². The summed E-state index contributed by atoms with van der Waals surface area (Å²) < 4.78 is 26.5. The zero-order valence-electron chi connectivity index (χ0n) is 11.0. The molecule has 0 aliphatic heterocycles. The highest BCUT2D eigenvalue weighted by atomic mass is 32.1. The minimum absolute atomic E-state index is 0.0949. The molecule has 1 N–H and O–H groups in total. The van der Waals surface area contributed by atoms with E-state index in [0.717, 1.165) is 12.6 Å². The maximum atomic E-state index is 13.2. The molecule has 4 heteroatoms. The molecular formula is C15H17F2NS. The van der Waals surface area contributed by atoms with Crippen LogP contribution in [0.3, 0.4) is 0 Å². The zero-order chi connectivity index (χ0) is 13.8. The van der Waals surface area contributed by atoms with Crippen molar-refractivity contribution in [2.24, 2.45) is 0 Å². The Hall–Kier alpha value is -1.26. The number of likely N-dealkylation sites (N-methyl/N-ethyl adjacent to an activating group) is 1. The quantitative estimate of drug-likeness (QED) is 0.865. The molecule has 1 atom stereocenters. The minimum Gasteiger partial charge on any atom is -0.310 e. The largest absolute Gasteiger partial charge is 0.310 e. The van der Waals surface area contributed by atoms with Crippen molar-refractivity contribution < 1.29 is 8.78 Å². The van der Waals surface area contributed by atoms with Crippen LogP contribution < -0.4 is 5.32 Å². The molecule has 2 aromatic rings. The predicted octanol–water partition coefficient (Wildman–Crippen LogP) is 4.23. The van der Waals surface area contributed by atoms with Crippen LogP contribution in [0.15, 0.2) is 29.6 Å². The van der Waals surface area contributed by atoms with E-state index in [0.29, 0.717) is 12.0 Å². The molecule has 0 aliphatic carbocycles. The van der Waals surface area contributed by atoms with Crippen LogP contribution in [0.4, 0.5) is 8.78 Å². The van der Waals surface area contributed by atoms with Crippen LogP contribution in [0.1, 0.15) is 29.0 Å². The molecule has 0 saturated heterocycles. The average Bonchev–Trinajstić information content (AvgIpc) is 2.73. The van der Waals surface area contributed by atoms with Gasteiger partial charge in [0.25, 0.3) is 0 Å². The van der Waals surface area contributed by atoms with Gasteiger partial charge in [-0.2, -0.15) is 0 Å². The third kappa shape index (κ3) is 3.61. The monoisotopic (exact) mass is 281 g/mol. The Balaban J connectivity index is 2.23. The highest BCUT2D eigenvalue weighted by Gasteiger charge is 2.15. The molecule has 1 aromatic heterocycles. The van der Waals surface area contributed by atoms with Crippen molar-refractivity contribution in [1.29, 1.82) is 0 Å². The topological polar surface area (TPSA) is 12.0 Å². The van der Waals surface area contributed by atoms with Crippen molar-refractivity contribution in [1.82, 2.24) is 5.32 Å². The number of hydrogen-bond acceptors (Lipinski definition) is 2. The third-order valence-electron chi connectivity index (χ3n) is 3.09. The number of rotatable bonds is 5. The van der Waals surface area contributed by atoms with Gasteiger partial charge in [-0.3, -0.25) is 0 Å². The van der Waals surface area contributed by atoms with E-state index >= 15 is 0 Å². The molecule has 1 nitrogen and oxygen atoms in total. The summed E-state index contributed by atoms with van der Waals surface area (Å²) in [5.74, 6) is -1.04.